The van der Waals surface area contributed by atoms with E-state index in [4.69, 9.17) is 0 Å². The van der Waals surface area contributed by atoms with Gasteiger partial charge in [0.1, 0.15) is 0 Å². The molecule has 0 bridgehead atoms. The molecule has 1 aliphatic rings. The van der Waals surface area contributed by atoms with Crippen molar-refractivity contribution in [2.75, 3.05) is 6.54 Å². The molecule has 2 rings (SSSR count). The Hall–Kier alpha value is -1.31. The number of rotatable bonds is 1. The Balaban J connectivity index is 2.25. The summed E-state index contributed by atoms with van der Waals surface area (Å²) >= 11 is 0. The lowest BCUT2D eigenvalue weighted by Gasteiger charge is -2.04. The van der Waals surface area contributed by atoms with E-state index in [-0.39, 0.29) is 11.8 Å². The molecule has 1 heterocycles. The second-order valence-corrected chi connectivity index (χ2v) is 2.97. The maximum Gasteiger partial charge on any atom is 0.248 e. The summed E-state index contributed by atoms with van der Waals surface area (Å²) in [7, 11) is 0. The van der Waals surface area contributed by atoms with Crippen LogP contribution in [0.1, 0.15) is 17.9 Å². The highest BCUT2D eigenvalue weighted by Crippen LogP contribution is 2.23. The van der Waals surface area contributed by atoms with E-state index < -0.39 is 0 Å². The quantitative estimate of drug-likeness (QED) is 0.609. The van der Waals surface area contributed by atoms with Gasteiger partial charge in [0.15, 0.2) is 0 Å². The molecule has 0 spiro atoms. The van der Waals surface area contributed by atoms with Crippen LogP contribution in [0.3, 0.4) is 0 Å². The number of nitrogens with zero attached hydrogens (tertiary/aromatic N) is 1. The third-order valence-electron chi connectivity index (χ3n) is 2.19. The first-order valence-electron chi connectivity index (χ1n) is 4.14. The lowest BCUT2D eigenvalue weighted by Crippen LogP contribution is -2.11. The second kappa shape index (κ2) is 2.97. The van der Waals surface area contributed by atoms with Gasteiger partial charge < -0.3 is 0 Å². The smallest absolute Gasteiger partial charge is 0.248 e. The normalized spacial score (nSPS) is 22.3. The van der Waals surface area contributed by atoms with Gasteiger partial charge in [0.2, 0.25) is 5.91 Å². The first-order valence-corrected chi connectivity index (χ1v) is 4.14. The zero-order valence-corrected chi connectivity index (χ0v) is 6.73. The number of hydrogen-bond donors (Lipinski definition) is 0. The van der Waals surface area contributed by atoms with Crippen LogP contribution in [0.15, 0.2) is 30.3 Å². The fourth-order valence-corrected chi connectivity index (χ4v) is 1.53. The zero-order chi connectivity index (χ0) is 8.39. The summed E-state index contributed by atoms with van der Waals surface area (Å²) in [6, 6.07) is 9.86. The van der Waals surface area contributed by atoms with E-state index >= 15 is 0 Å². The minimum Gasteiger partial charge on any atom is -0.272 e. The number of carbonyl (C=O) groups excluding carboxylic acids is 1. The van der Waals surface area contributed by atoms with Crippen molar-refractivity contribution in [2.45, 2.75) is 12.3 Å². The monoisotopic (exact) mass is 160 g/mol. The molecule has 61 valence electrons. The second-order valence-electron chi connectivity index (χ2n) is 2.97. The highest BCUT2D eigenvalue weighted by molar-refractivity contribution is 5.85. The molecule has 2 heteroatoms. The van der Waals surface area contributed by atoms with Crippen LogP contribution in [0, 0.1) is 0 Å². The molecular formula is C10H10NO. The van der Waals surface area contributed by atoms with E-state index in [1.54, 1.807) is 0 Å². The first-order chi connectivity index (χ1) is 5.88. The highest BCUT2D eigenvalue weighted by Gasteiger charge is 2.26. The standard InChI is InChI=1S/C10H10NO/c12-10-9(6-7-11-10)8-4-2-1-3-5-8/h1-5,9H,6-7H2. The van der Waals surface area contributed by atoms with E-state index in [0.717, 1.165) is 12.0 Å². The molecule has 0 N–H and O–H groups in total. The lowest BCUT2D eigenvalue weighted by molar-refractivity contribution is -0.120. The van der Waals surface area contributed by atoms with Gasteiger partial charge in [-0.15, -0.1) is 0 Å². The largest absolute Gasteiger partial charge is 0.272 e. The molecule has 1 radical (unpaired) electrons. The Morgan fingerprint density at radius 3 is 2.58 bits per heavy atom. The molecule has 1 atom stereocenters. The number of amides is 1. The van der Waals surface area contributed by atoms with E-state index in [9.17, 15) is 4.79 Å². The van der Waals surface area contributed by atoms with Crippen LogP contribution in [0.25, 0.3) is 0 Å². The van der Waals surface area contributed by atoms with Crippen molar-refractivity contribution in [3.63, 3.8) is 0 Å². The Kier molecular flexibility index (Phi) is 1.82. The minimum atomic E-state index is 0.0335. The Bertz CT molecular complexity index is 281. The van der Waals surface area contributed by atoms with Crippen LogP contribution in [0.5, 0.6) is 0 Å². The zero-order valence-electron chi connectivity index (χ0n) is 6.73. The van der Waals surface area contributed by atoms with Gasteiger partial charge in [0, 0.05) is 6.54 Å². The fourth-order valence-electron chi connectivity index (χ4n) is 1.53. The summed E-state index contributed by atoms with van der Waals surface area (Å²) in [4.78, 5) is 11.2. The first kappa shape index (κ1) is 7.35. The summed E-state index contributed by atoms with van der Waals surface area (Å²) in [5.41, 5.74) is 1.10. The van der Waals surface area contributed by atoms with Crippen molar-refractivity contribution >= 4 is 5.91 Å². The van der Waals surface area contributed by atoms with Crippen LogP contribution in [-0.2, 0) is 4.79 Å². The van der Waals surface area contributed by atoms with Crippen LogP contribution in [0.2, 0.25) is 0 Å². The van der Waals surface area contributed by atoms with Crippen LogP contribution >= 0.6 is 0 Å². The van der Waals surface area contributed by atoms with Crippen molar-refractivity contribution in [3.8, 4) is 0 Å². The van der Waals surface area contributed by atoms with Gasteiger partial charge in [-0.1, -0.05) is 30.3 Å². The molecular weight excluding hydrogens is 150 g/mol. The Morgan fingerprint density at radius 1 is 1.25 bits per heavy atom. The van der Waals surface area contributed by atoms with E-state index in [1.165, 1.54) is 0 Å². The molecule has 1 unspecified atom stereocenters. The Labute approximate surface area is 71.6 Å². The summed E-state index contributed by atoms with van der Waals surface area (Å²) in [5.74, 6) is 0.0763. The van der Waals surface area contributed by atoms with E-state index in [0.29, 0.717) is 6.54 Å². The molecule has 1 aliphatic heterocycles. The molecule has 1 aromatic carbocycles. The molecule has 0 aromatic heterocycles. The number of benzene rings is 1. The molecule has 0 aliphatic carbocycles. The van der Waals surface area contributed by atoms with E-state index in [1.807, 2.05) is 30.3 Å². The lowest BCUT2D eigenvalue weighted by atomic mass is 9.98. The van der Waals surface area contributed by atoms with Crippen LogP contribution in [0.4, 0.5) is 0 Å². The predicted octanol–water partition coefficient (Wildman–Crippen LogP) is 1.30. The molecule has 1 amide bonds. The van der Waals surface area contributed by atoms with Gasteiger partial charge in [0.25, 0.3) is 0 Å². The average Bonchev–Trinajstić information content (AvgIpc) is 2.53. The van der Waals surface area contributed by atoms with Crippen LogP contribution in [-0.4, -0.2) is 12.5 Å². The topological polar surface area (TPSA) is 31.2 Å². The van der Waals surface area contributed by atoms with E-state index in [2.05, 4.69) is 5.32 Å². The van der Waals surface area contributed by atoms with Crippen molar-refractivity contribution in [1.82, 2.24) is 5.32 Å². The summed E-state index contributed by atoms with van der Waals surface area (Å²) < 4.78 is 0. The Morgan fingerprint density at radius 2 is 2.00 bits per heavy atom. The summed E-state index contributed by atoms with van der Waals surface area (Å²) in [6.07, 6.45) is 0.878. The SMILES string of the molecule is O=C1[N]CCC1c1ccccc1. The number of hydrogen-bond acceptors (Lipinski definition) is 1. The van der Waals surface area contributed by atoms with Gasteiger partial charge in [0.05, 0.1) is 5.92 Å². The van der Waals surface area contributed by atoms with Crippen molar-refractivity contribution in [3.05, 3.63) is 35.9 Å². The van der Waals surface area contributed by atoms with Crippen molar-refractivity contribution in [2.24, 2.45) is 0 Å². The third kappa shape index (κ3) is 1.20. The number of carbonyl (C=O) groups is 1. The molecule has 1 fully saturated rings. The maximum atomic E-state index is 11.2. The predicted molar refractivity (Wildman–Crippen MR) is 45.8 cm³/mol. The third-order valence-corrected chi connectivity index (χ3v) is 2.19. The van der Waals surface area contributed by atoms with Gasteiger partial charge in [-0.2, -0.15) is 0 Å². The van der Waals surface area contributed by atoms with Gasteiger partial charge >= 0.3 is 0 Å². The maximum absolute atomic E-state index is 11.2. The summed E-state index contributed by atoms with van der Waals surface area (Å²) in [6.45, 7) is 0.693. The minimum absolute atomic E-state index is 0.0335. The van der Waals surface area contributed by atoms with Gasteiger partial charge in [-0.05, 0) is 12.0 Å². The van der Waals surface area contributed by atoms with Crippen LogP contribution < -0.4 is 5.32 Å². The highest BCUT2D eigenvalue weighted by atomic mass is 16.2. The molecule has 2 nitrogen and oxygen atoms in total. The van der Waals surface area contributed by atoms with Crippen molar-refractivity contribution in [1.29, 1.82) is 0 Å². The fraction of sp³-hybridized carbons (Fsp3) is 0.300. The average molecular weight is 160 g/mol. The molecule has 1 aromatic rings. The summed E-state index contributed by atoms with van der Waals surface area (Å²) in [5, 5.41) is 3.86. The van der Waals surface area contributed by atoms with Crippen molar-refractivity contribution < 1.29 is 4.79 Å². The molecule has 12 heavy (non-hydrogen) atoms. The molecule has 0 saturated carbocycles. The van der Waals surface area contributed by atoms with Gasteiger partial charge in [-0.25, -0.2) is 0 Å². The molecule has 1 saturated heterocycles. The van der Waals surface area contributed by atoms with Gasteiger partial charge in [-0.3, -0.25) is 10.1 Å².